The molecule has 102 valence electrons. The molecule has 0 spiro atoms. The van der Waals surface area contributed by atoms with E-state index in [2.05, 4.69) is 53.0 Å². The average Bonchev–Trinajstić information content (AvgIpc) is 2.88. The number of hydrogen-bond donors (Lipinski definition) is 1. The summed E-state index contributed by atoms with van der Waals surface area (Å²) in [6.45, 7) is 7.19. The maximum absolute atomic E-state index is 4.21. The van der Waals surface area contributed by atoms with E-state index in [1.54, 1.807) is 0 Å². The van der Waals surface area contributed by atoms with Gasteiger partial charge < -0.3 is 9.88 Å². The summed E-state index contributed by atoms with van der Waals surface area (Å²) in [6, 6.07) is 8.82. The van der Waals surface area contributed by atoms with Gasteiger partial charge >= 0.3 is 0 Å². The number of nitrogens with one attached hydrogen (secondary N) is 1. The Morgan fingerprint density at radius 1 is 1.05 bits per heavy atom. The van der Waals surface area contributed by atoms with E-state index in [0.29, 0.717) is 0 Å². The molecule has 0 aliphatic heterocycles. The largest absolute Gasteiger partial charge is 0.333 e. The van der Waals surface area contributed by atoms with Crippen molar-refractivity contribution in [3.05, 3.63) is 53.6 Å². The van der Waals surface area contributed by atoms with E-state index < -0.39 is 0 Å². The van der Waals surface area contributed by atoms with Gasteiger partial charge in [-0.1, -0.05) is 38.1 Å². The van der Waals surface area contributed by atoms with Crippen molar-refractivity contribution >= 4 is 0 Å². The van der Waals surface area contributed by atoms with Gasteiger partial charge in [0.2, 0.25) is 0 Å². The van der Waals surface area contributed by atoms with Gasteiger partial charge in [-0.25, -0.2) is 4.98 Å². The Morgan fingerprint density at radius 2 is 1.79 bits per heavy atom. The molecule has 0 aliphatic carbocycles. The van der Waals surface area contributed by atoms with Crippen LogP contribution in [0.3, 0.4) is 0 Å². The lowest BCUT2D eigenvalue weighted by Gasteiger charge is -2.08. The van der Waals surface area contributed by atoms with Crippen molar-refractivity contribution in [3.63, 3.8) is 0 Å². The molecule has 2 aromatic rings. The lowest BCUT2D eigenvalue weighted by atomic mass is 10.1. The fourth-order valence-corrected chi connectivity index (χ4v) is 2.17. The SMILES string of the molecule is CCCn1cncc1CNCc1ccc(CC)cc1. The van der Waals surface area contributed by atoms with E-state index in [1.165, 1.54) is 16.8 Å². The summed E-state index contributed by atoms with van der Waals surface area (Å²) >= 11 is 0. The predicted octanol–water partition coefficient (Wildman–Crippen LogP) is 3.15. The molecule has 0 aliphatic rings. The molecule has 0 unspecified atom stereocenters. The first kappa shape index (κ1) is 13.8. The highest BCUT2D eigenvalue weighted by molar-refractivity contribution is 5.22. The molecule has 2 rings (SSSR count). The van der Waals surface area contributed by atoms with Crippen molar-refractivity contribution < 1.29 is 0 Å². The second-order valence-electron chi connectivity index (χ2n) is 4.85. The Labute approximate surface area is 115 Å². The number of hydrogen-bond acceptors (Lipinski definition) is 2. The summed E-state index contributed by atoms with van der Waals surface area (Å²) in [6.07, 6.45) is 6.10. The van der Waals surface area contributed by atoms with Gasteiger partial charge in [-0.3, -0.25) is 0 Å². The molecule has 1 heterocycles. The molecule has 1 aromatic heterocycles. The van der Waals surface area contributed by atoms with Crippen LogP contribution in [0.1, 0.15) is 37.1 Å². The van der Waals surface area contributed by atoms with Gasteiger partial charge in [-0.2, -0.15) is 0 Å². The van der Waals surface area contributed by atoms with Gasteiger partial charge in [0.05, 0.1) is 12.0 Å². The van der Waals surface area contributed by atoms with Crippen LogP contribution in [0.2, 0.25) is 0 Å². The van der Waals surface area contributed by atoms with E-state index in [9.17, 15) is 0 Å². The highest BCUT2D eigenvalue weighted by Gasteiger charge is 2.00. The number of aryl methyl sites for hydroxylation is 2. The first-order valence-corrected chi connectivity index (χ1v) is 7.11. The second-order valence-corrected chi connectivity index (χ2v) is 4.85. The van der Waals surface area contributed by atoms with Crippen molar-refractivity contribution in [2.45, 2.75) is 46.3 Å². The molecule has 0 atom stereocenters. The summed E-state index contributed by atoms with van der Waals surface area (Å²) < 4.78 is 2.22. The zero-order chi connectivity index (χ0) is 13.5. The molecule has 0 radical (unpaired) electrons. The molecule has 0 saturated heterocycles. The number of aromatic nitrogens is 2. The predicted molar refractivity (Wildman–Crippen MR) is 78.9 cm³/mol. The molecule has 19 heavy (non-hydrogen) atoms. The number of imidazole rings is 1. The van der Waals surface area contributed by atoms with E-state index in [0.717, 1.165) is 32.5 Å². The second kappa shape index (κ2) is 7.10. The molecule has 1 aromatic carbocycles. The van der Waals surface area contributed by atoms with E-state index in [4.69, 9.17) is 0 Å². The van der Waals surface area contributed by atoms with Crippen LogP contribution in [-0.4, -0.2) is 9.55 Å². The summed E-state index contributed by atoms with van der Waals surface area (Å²) in [5.41, 5.74) is 3.98. The third-order valence-corrected chi connectivity index (χ3v) is 3.33. The van der Waals surface area contributed by atoms with Crippen LogP contribution in [-0.2, 0) is 26.1 Å². The smallest absolute Gasteiger partial charge is 0.0948 e. The summed E-state index contributed by atoms with van der Waals surface area (Å²) in [5.74, 6) is 0. The van der Waals surface area contributed by atoms with Crippen molar-refractivity contribution in [2.75, 3.05) is 0 Å². The van der Waals surface area contributed by atoms with Crippen LogP contribution in [0.25, 0.3) is 0 Å². The van der Waals surface area contributed by atoms with E-state index >= 15 is 0 Å². The average molecular weight is 257 g/mol. The first-order chi connectivity index (χ1) is 9.33. The molecular weight excluding hydrogens is 234 g/mol. The minimum Gasteiger partial charge on any atom is -0.333 e. The van der Waals surface area contributed by atoms with Crippen molar-refractivity contribution in [2.24, 2.45) is 0 Å². The van der Waals surface area contributed by atoms with Crippen LogP contribution in [0.4, 0.5) is 0 Å². The monoisotopic (exact) mass is 257 g/mol. The minimum absolute atomic E-state index is 0.871. The van der Waals surface area contributed by atoms with Gasteiger partial charge in [0.1, 0.15) is 0 Å². The highest BCUT2D eigenvalue weighted by atomic mass is 15.1. The van der Waals surface area contributed by atoms with Crippen molar-refractivity contribution in [1.29, 1.82) is 0 Å². The molecule has 3 heteroatoms. The zero-order valence-electron chi connectivity index (χ0n) is 11.9. The Morgan fingerprint density at radius 3 is 2.47 bits per heavy atom. The third kappa shape index (κ3) is 3.93. The molecule has 0 saturated carbocycles. The van der Waals surface area contributed by atoms with Gasteiger partial charge in [-0.15, -0.1) is 0 Å². The normalized spacial score (nSPS) is 10.8. The highest BCUT2D eigenvalue weighted by Crippen LogP contribution is 2.06. The van der Waals surface area contributed by atoms with E-state index in [1.807, 2.05) is 12.5 Å². The summed E-state index contributed by atoms with van der Waals surface area (Å²) in [4.78, 5) is 4.21. The van der Waals surface area contributed by atoms with Crippen LogP contribution in [0, 0.1) is 0 Å². The van der Waals surface area contributed by atoms with E-state index in [-0.39, 0.29) is 0 Å². The first-order valence-electron chi connectivity index (χ1n) is 7.11. The Kier molecular flexibility index (Phi) is 5.16. The fraction of sp³-hybridized carbons (Fsp3) is 0.438. The lowest BCUT2D eigenvalue weighted by molar-refractivity contribution is 0.601. The molecular formula is C16H23N3. The zero-order valence-corrected chi connectivity index (χ0v) is 11.9. The van der Waals surface area contributed by atoms with Crippen LogP contribution >= 0.6 is 0 Å². The standard InChI is InChI=1S/C16H23N3/c1-3-9-19-13-18-12-16(19)11-17-10-15-7-5-14(4-2)6-8-15/h5-8,12-13,17H,3-4,9-11H2,1-2H3. The molecule has 3 nitrogen and oxygen atoms in total. The van der Waals surface area contributed by atoms with Crippen LogP contribution in [0.5, 0.6) is 0 Å². The number of nitrogens with zero attached hydrogens (tertiary/aromatic N) is 2. The van der Waals surface area contributed by atoms with Crippen molar-refractivity contribution in [1.82, 2.24) is 14.9 Å². The van der Waals surface area contributed by atoms with Gasteiger partial charge in [0, 0.05) is 25.8 Å². The maximum atomic E-state index is 4.21. The van der Waals surface area contributed by atoms with Gasteiger partial charge in [-0.05, 0) is 24.0 Å². The summed E-state index contributed by atoms with van der Waals surface area (Å²) in [5, 5.41) is 3.48. The van der Waals surface area contributed by atoms with Crippen LogP contribution in [0.15, 0.2) is 36.8 Å². The summed E-state index contributed by atoms with van der Waals surface area (Å²) in [7, 11) is 0. The van der Waals surface area contributed by atoms with Crippen molar-refractivity contribution in [3.8, 4) is 0 Å². The van der Waals surface area contributed by atoms with Gasteiger partial charge in [0.15, 0.2) is 0 Å². The lowest BCUT2D eigenvalue weighted by Crippen LogP contribution is -2.15. The number of benzene rings is 1. The Balaban J connectivity index is 1.83. The topological polar surface area (TPSA) is 29.9 Å². The quantitative estimate of drug-likeness (QED) is 0.826. The Bertz CT molecular complexity index is 485. The molecule has 0 amide bonds. The molecule has 0 fully saturated rings. The third-order valence-electron chi connectivity index (χ3n) is 3.33. The Hall–Kier alpha value is -1.61. The fourth-order valence-electron chi connectivity index (χ4n) is 2.17. The maximum Gasteiger partial charge on any atom is 0.0948 e. The number of rotatable bonds is 7. The van der Waals surface area contributed by atoms with Gasteiger partial charge in [0.25, 0.3) is 0 Å². The molecule has 0 bridgehead atoms. The minimum atomic E-state index is 0.871. The van der Waals surface area contributed by atoms with Crippen LogP contribution < -0.4 is 5.32 Å². The molecule has 1 N–H and O–H groups in total.